The normalized spacial score (nSPS) is 10.6. The minimum absolute atomic E-state index is 0. The SMILES string of the molecule is CCC(CC)(CC)C(=O)OCCO.N. The second-order valence-corrected chi connectivity index (χ2v) is 3.20. The summed E-state index contributed by atoms with van der Waals surface area (Å²) in [7, 11) is 0. The molecule has 86 valence electrons. The molecular formula is C10H23NO3. The monoisotopic (exact) mass is 205 g/mol. The Morgan fingerprint density at radius 3 is 1.93 bits per heavy atom. The van der Waals surface area contributed by atoms with Crippen molar-refractivity contribution in [2.24, 2.45) is 5.41 Å². The number of hydrogen-bond acceptors (Lipinski definition) is 4. The topological polar surface area (TPSA) is 81.5 Å². The van der Waals surface area contributed by atoms with E-state index in [2.05, 4.69) is 0 Å². The van der Waals surface area contributed by atoms with Crippen molar-refractivity contribution in [3.05, 3.63) is 0 Å². The first-order valence-corrected chi connectivity index (χ1v) is 4.95. The van der Waals surface area contributed by atoms with Gasteiger partial charge in [-0.3, -0.25) is 4.79 Å². The number of carbonyl (C=O) groups excluding carboxylic acids is 1. The van der Waals surface area contributed by atoms with E-state index in [4.69, 9.17) is 9.84 Å². The van der Waals surface area contributed by atoms with Crippen LogP contribution in [0.25, 0.3) is 0 Å². The molecule has 0 aromatic rings. The third kappa shape index (κ3) is 3.64. The van der Waals surface area contributed by atoms with Gasteiger partial charge in [-0.25, -0.2) is 0 Å². The first kappa shape index (κ1) is 15.8. The number of hydrogen-bond donors (Lipinski definition) is 2. The van der Waals surface area contributed by atoms with Crippen LogP contribution in [0.4, 0.5) is 0 Å². The van der Waals surface area contributed by atoms with Gasteiger partial charge in [0.05, 0.1) is 12.0 Å². The second-order valence-electron chi connectivity index (χ2n) is 3.20. The van der Waals surface area contributed by atoms with Crippen LogP contribution >= 0.6 is 0 Å². The van der Waals surface area contributed by atoms with Crippen molar-refractivity contribution in [2.75, 3.05) is 13.2 Å². The molecule has 0 saturated heterocycles. The van der Waals surface area contributed by atoms with Gasteiger partial charge in [-0.1, -0.05) is 20.8 Å². The minimum atomic E-state index is -0.338. The average Bonchev–Trinajstić information content (AvgIpc) is 2.18. The van der Waals surface area contributed by atoms with Crippen LogP contribution in [0.3, 0.4) is 0 Å². The lowest BCUT2D eigenvalue weighted by atomic mass is 9.80. The number of ether oxygens (including phenoxy) is 1. The predicted octanol–water partition coefficient (Wildman–Crippen LogP) is 1.90. The molecule has 0 aliphatic rings. The standard InChI is InChI=1S/C10H20O3.H3N/c1-4-10(5-2,6-3)9(12)13-8-7-11;/h11H,4-8H2,1-3H3;1H3. The lowest BCUT2D eigenvalue weighted by Crippen LogP contribution is -2.31. The van der Waals surface area contributed by atoms with Crippen molar-refractivity contribution in [1.82, 2.24) is 6.15 Å². The van der Waals surface area contributed by atoms with Gasteiger partial charge >= 0.3 is 5.97 Å². The van der Waals surface area contributed by atoms with Crippen LogP contribution in [0.2, 0.25) is 0 Å². The highest BCUT2D eigenvalue weighted by atomic mass is 16.5. The summed E-state index contributed by atoms with van der Waals surface area (Å²) in [4.78, 5) is 11.6. The van der Waals surface area contributed by atoms with E-state index in [0.29, 0.717) is 0 Å². The summed E-state index contributed by atoms with van der Waals surface area (Å²) in [5.74, 6) is -0.172. The number of aliphatic hydroxyl groups excluding tert-OH is 1. The predicted molar refractivity (Wildman–Crippen MR) is 56.4 cm³/mol. The van der Waals surface area contributed by atoms with E-state index in [1.165, 1.54) is 0 Å². The van der Waals surface area contributed by atoms with Gasteiger partial charge in [-0.2, -0.15) is 0 Å². The quantitative estimate of drug-likeness (QED) is 0.649. The molecule has 0 saturated carbocycles. The van der Waals surface area contributed by atoms with Crippen molar-refractivity contribution >= 4 is 5.97 Å². The Labute approximate surface area is 86.2 Å². The van der Waals surface area contributed by atoms with Crippen molar-refractivity contribution in [3.8, 4) is 0 Å². The molecule has 0 bridgehead atoms. The maximum absolute atomic E-state index is 11.6. The Morgan fingerprint density at radius 2 is 1.64 bits per heavy atom. The zero-order valence-electron chi connectivity index (χ0n) is 9.51. The maximum atomic E-state index is 11.6. The third-order valence-corrected chi connectivity index (χ3v) is 2.79. The largest absolute Gasteiger partial charge is 0.463 e. The molecule has 0 rings (SSSR count). The zero-order chi connectivity index (χ0) is 10.3. The van der Waals surface area contributed by atoms with Crippen molar-refractivity contribution in [1.29, 1.82) is 0 Å². The fourth-order valence-corrected chi connectivity index (χ4v) is 1.47. The van der Waals surface area contributed by atoms with E-state index in [-0.39, 0.29) is 30.7 Å². The van der Waals surface area contributed by atoms with Gasteiger partial charge in [0, 0.05) is 0 Å². The molecule has 4 heteroatoms. The van der Waals surface area contributed by atoms with Gasteiger partial charge in [0.15, 0.2) is 0 Å². The average molecular weight is 205 g/mol. The molecule has 0 aliphatic carbocycles. The summed E-state index contributed by atoms with van der Waals surface area (Å²) >= 11 is 0. The van der Waals surface area contributed by atoms with E-state index in [0.717, 1.165) is 19.3 Å². The molecule has 0 aromatic heterocycles. The van der Waals surface area contributed by atoms with Crippen molar-refractivity contribution < 1.29 is 14.6 Å². The van der Waals surface area contributed by atoms with E-state index in [9.17, 15) is 4.79 Å². The summed E-state index contributed by atoms with van der Waals surface area (Å²) in [6, 6.07) is 0. The molecule has 0 aliphatic heterocycles. The summed E-state index contributed by atoms with van der Waals surface area (Å²) in [6.07, 6.45) is 2.39. The Hall–Kier alpha value is -0.610. The van der Waals surface area contributed by atoms with Crippen molar-refractivity contribution in [3.63, 3.8) is 0 Å². The van der Waals surface area contributed by atoms with E-state index in [1.54, 1.807) is 0 Å². The van der Waals surface area contributed by atoms with Gasteiger partial charge in [0.2, 0.25) is 0 Å². The molecule has 14 heavy (non-hydrogen) atoms. The molecule has 4 N–H and O–H groups in total. The lowest BCUT2D eigenvalue weighted by Gasteiger charge is -2.27. The molecule has 0 spiro atoms. The van der Waals surface area contributed by atoms with E-state index in [1.807, 2.05) is 20.8 Å². The highest BCUT2D eigenvalue weighted by molar-refractivity contribution is 5.76. The van der Waals surface area contributed by atoms with Crippen LogP contribution in [0, 0.1) is 5.41 Å². The van der Waals surface area contributed by atoms with Crippen LogP contribution in [0.15, 0.2) is 0 Å². The zero-order valence-corrected chi connectivity index (χ0v) is 9.51. The van der Waals surface area contributed by atoms with Gasteiger partial charge in [-0.15, -0.1) is 0 Å². The van der Waals surface area contributed by atoms with Crippen LogP contribution in [-0.4, -0.2) is 24.3 Å². The molecule has 0 amide bonds. The smallest absolute Gasteiger partial charge is 0.312 e. The lowest BCUT2D eigenvalue weighted by molar-refractivity contribution is -0.157. The minimum Gasteiger partial charge on any atom is -0.463 e. The Balaban J connectivity index is 0. The molecular weight excluding hydrogens is 182 g/mol. The molecule has 0 unspecified atom stereocenters. The van der Waals surface area contributed by atoms with E-state index < -0.39 is 0 Å². The van der Waals surface area contributed by atoms with Crippen LogP contribution < -0.4 is 6.15 Å². The fraction of sp³-hybridized carbons (Fsp3) is 0.900. The Morgan fingerprint density at radius 1 is 1.21 bits per heavy atom. The Bertz CT molecular complexity index is 147. The third-order valence-electron chi connectivity index (χ3n) is 2.79. The van der Waals surface area contributed by atoms with Gasteiger partial charge in [0.25, 0.3) is 0 Å². The highest BCUT2D eigenvalue weighted by Crippen LogP contribution is 2.31. The number of carbonyl (C=O) groups is 1. The summed E-state index contributed by atoms with van der Waals surface area (Å²) in [5, 5.41) is 8.52. The van der Waals surface area contributed by atoms with Crippen LogP contribution in [0.5, 0.6) is 0 Å². The summed E-state index contributed by atoms with van der Waals surface area (Å²) < 4.78 is 4.94. The van der Waals surface area contributed by atoms with Crippen molar-refractivity contribution in [2.45, 2.75) is 40.0 Å². The first-order valence-electron chi connectivity index (χ1n) is 4.95. The molecule has 0 heterocycles. The molecule has 0 atom stereocenters. The number of rotatable bonds is 6. The molecule has 0 fully saturated rings. The van der Waals surface area contributed by atoms with Gasteiger partial charge in [0.1, 0.15) is 6.61 Å². The highest BCUT2D eigenvalue weighted by Gasteiger charge is 2.34. The number of aliphatic hydroxyl groups is 1. The Kier molecular flexibility index (Phi) is 8.79. The van der Waals surface area contributed by atoms with Gasteiger partial charge < -0.3 is 16.0 Å². The maximum Gasteiger partial charge on any atom is 0.312 e. The number of esters is 1. The molecule has 0 radical (unpaired) electrons. The molecule has 4 nitrogen and oxygen atoms in total. The van der Waals surface area contributed by atoms with Gasteiger partial charge in [-0.05, 0) is 19.3 Å². The fourth-order valence-electron chi connectivity index (χ4n) is 1.47. The van der Waals surface area contributed by atoms with E-state index >= 15 is 0 Å². The molecule has 0 aromatic carbocycles. The second kappa shape index (κ2) is 7.76. The summed E-state index contributed by atoms with van der Waals surface area (Å²) in [6.45, 7) is 5.99. The first-order chi connectivity index (χ1) is 6.16. The van der Waals surface area contributed by atoms with Crippen LogP contribution in [-0.2, 0) is 9.53 Å². The van der Waals surface area contributed by atoms with Crippen LogP contribution in [0.1, 0.15) is 40.0 Å². The summed E-state index contributed by atoms with van der Waals surface area (Å²) in [5.41, 5.74) is -0.338.